The van der Waals surface area contributed by atoms with Crippen LogP contribution in [0.1, 0.15) is 13.8 Å². The molecule has 2 fully saturated rings. The first-order valence-corrected chi connectivity index (χ1v) is 13.6. The lowest BCUT2D eigenvalue weighted by Gasteiger charge is -2.25. The fourth-order valence-corrected chi connectivity index (χ4v) is 3.92. The fourth-order valence-electron chi connectivity index (χ4n) is 2.50. The van der Waals surface area contributed by atoms with Crippen LogP contribution < -0.4 is 0 Å². The molecule has 0 spiro atoms. The predicted molar refractivity (Wildman–Crippen MR) is 199 cm³/mol. The zero-order valence-electron chi connectivity index (χ0n) is 21.7. The average Bonchev–Trinajstić information content (AvgIpc) is 3.69. The maximum Gasteiger partial charge on any atom is 0.136 e. The van der Waals surface area contributed by atoms with E-state index in [9.17, 15) is 4.79 Å². The van der Waals surface area contributed by atoms with Crippen LogP contribution in [0.4, 0.5) is 0 Å². The van der Waals surface area contributed by atoms with Gasteiger partial charge in [-0.15, -0.1) is 0 Å². The molecule has 0 aromatic carbocycles. The molecule has 3 atom stereocenters. The first-order valence-electron chi connectivity index (χ1n) is 12.1. The maximum atomic E-state index is 10.8. The van der Waals surface area contributed by atoms with E-state index in [2.05, 4.69) is 12.6 Å². The van der Waals surface area contributed by atoms with E-state index in [-0.39, 0.29) is 18.7 Å². The zero-order valence-corrected chi connectivity index (χ0v) is 23.4. The molecule has 27 heteroatoms. The summed E-state index contributed by atoms with van der Waals surface area (Å²) in [6.45, 7) is 3.69. The number of carbonyl (C=O) groups is 1. The molecule has 26 radical (unpaired) electrons. The van der Waals surface area contributed by atoms with Crippen molar-refractivity contribution in [3.05, 3.63) is 0 Å². The van der Waals surface area contributed by atoms with Crippen molar-refractivity contribution in [3.8, 4) is 0 Å². The molecule has 144 valence electrons. The van der Waals surface area contributed by atoms with Gasteiger partial charge in [0.1, 0.15) is 20.3 Å². The molecule has 0 amide bonds. The normalized spacial score (nSPS) is 16.3. The first-order chi connectivity index (χ1) is 16.6. The highest BCUT2D eigenvalue weighted by molar-refractivity contribution is 8.03. The Balaban J connectivity index is 0. The average molecular weight is 466 g/mol. The van der Waals surface area contributed by atoms with E-state index in [4.69, 9.17) is 92.8 Å². The van der Waals surface area contributed by atoms with Crippen LogP contribution in [-0.4, -0.2) is 194 Å². The van der Waals surface area contributed by atoms with Crippen molar-refractivity contribution in [3.63, 3.8) is 0 Å². The number of thiol groups is 1. The van der Waals surface area contributed by atoms with Gasteiger partial charge >= 0.3 is 0 Å². The highest BCUT2D eigenvalue weighted by atomic mass is 32.2. The molecule has 2 heterocycles. The predicted octanol–water partition coefficient (Wildman–Crippen LogP) is -7.13. The topological polar surface area (TPSA) is 17.1 Å². The molecule has 0 saturated carbocycles. The fraction of sp³-hybridized carbons (Fsp3) is 0.889. The number of hydrogen-bond acceptors (Lipinski definition) is 3. The largest absolute Gasteiger partial charge is 0.300 e. The third-order valence-electron chi connectivity index (χ3n) is 5.46. The zero-order chi connectivity index (χ0) is 28.6. The maximum absolute atomic E-state index is 10.8. The van der Waals surface area contributed by atoms with Crippen molar-refractivity contribution in [2.45, 2.75) is 36.8 Å². The molecule has 36 heavy (non-hydrogen) atoms. The summed E-state index contributed by atoms with van der Waals surface area (Å²) in [5.41, 5.74) is 0. The smallest absolute Gasteiger partial charge is 0.136 e. The number of hydrogen-bond donors (Lipinski definition) is 1. The molecule has 0 aliphatic carbocycles. The molecule has 0 aromatic rings. The van der Waals surface area contributed by atoms with E-state index in [0.29, 0.717) is 5.78 Å². The van der Waals surface area contributed by atoms with Crippen molar-refractivity contribution in [2.75, 3.05) is 5.75 Å². The summed E-state index contributed by atoms with van der Waals surface area (Å²) in [6, 6.07) is 0. The van der Waals surface area contributed by atoms with Gasteiger partial charge in [0, 0.05) is 170 Å². The Morgan fingerprint density at radius 1 is 0.861 bits per heavy atom. The van der Waals surface area contributed by atoms with Crippen LogP contribution in [0.25, 0.3) is 0 Å². The molecular weight excluding hydrogens is 448 g/mol. The Hall–Kier alpha value is 1.93. The summed E-state index contributed by atoms with van der Waals surface area (Å²) in [7, 11) is 69.7. The van der Waals surface area contributed by atoms with Crippen LogP contribution in [0.3, 0.4) is 0 Å². The Morgan fingerprint density at radius 3 is 1.31 bits per heavy atom. The van der Waals surface area contributed by atoms with Crippen LogP contribution in [-0.2, 0) is 4.79 Å². The van der Waals surface area contributed by atoms with Gasteiger partial charge in [-0.25, -0.2) is 0 Å². The first kappa shape index (κ1) is 40.1. The third-order valence-corrected chi connectivity index (χ3v) is 7.61. The van der Waals surface area contributed by atoms with E-state index in [1.54, 1.807) is 6.92 Å². The number of carbonyl (C=O) groups excluding carboxylic acids is 1. The van der Waals surface area contributed by atoms with E-state index < -0.39 is 38.3 Å². The Bertz CT molecular complexity index is 506. The monoisotopic (exact) mass is 470 g/mol. The molecule has 0 aromatic heterocycles. The van der Waals surface area contributed by atoms with Gasteiger partial charge in [-0.05, 0) is 17.2 Å². The van der Waals surface area contributed by atoms with Gasteiger partial charge in [-0.1, -0.05) is 19.6 Å². The summed E-state index contributed by atoms with van der Waals surface area (Å²) >= 11 is 6.04. The van der Waals surface area contributed by atoms with Crippen molar-refractivity contribution in [1.29, 1.82) is 0 Å². The highest BCUT2D eigenvalue weighted by Gasteiger charge is 2.27. The summed E-state index contributed by atoms with van der Waals surface area (Å²) < 4.78 is 0. The number of rotatable bonds is 12. The second-order valence-electron chi connectivity index (χ2n) is 9.28. The molecule has 0 N–H and O–H groups in total. The number of thioether (sulfide) groups is 1. The quantitative estimate of drug-likeness (QED) is 0.228. The number of Topliss-reactive ketones (excluding diaryl/α,β-unsaturated/α-hetero) is 1. The molecule has 2 aliphatic rings. The lowest BCUT2D eigenvalue weighted by Crippen LogP contribution is -2.63. The highest BCUT2D eigenvalue weighted by Crippen LogP contribution is 2.28. The van der Waals surface area contributed by atoms with E-state index in [1.807, 2.05) is 18.7 Å². The minimum atomic E-state index is -0.648. The molecule has 1 nitrogen and oxygen atoms in total. The lowest BCUT2D eigenvalue weighted by atomic mass is 8.56. The van der Waals surface area contributed by atoms with Gasteiger partial charge in [0.05, 0.1) is 0 Å². The third kappa shape index (κ3) is 21.7. The Morgan fingerprint density at radius 2 is 1.17 bits per heavy atom. The van der Waals surface area contributed by atoms with Crippen LogP contribution >= 0.6 is 24.4 Å². The summed E-state index contributed by atoms with van der Waals surface area (Å²) in [5, 5.41) is 1.67. The molecule has 2 aliphatic heterocycles. The van der Waals surface area contributed by atoms with Crippen LogP contribution in [0.2, 0.25) is 12.6 Å². The van der Waals surface area contributed by atoms with Gasteiger partial charge in [0.25, 0.3) is 0 Å². The van der Waals surface area contributed by atoms with Crippen LogP contribution in [0.15, 0.2) is 0 Å². The van der Waals surface area contributed by atoms with Gasteiger partial charge in [-0.3, -0.25) is 4.79 Å². The minimum absolute atomic E-state index is 0.269. The standard InChI is InChI=1S/C7H13BOS.C2H5BS.2B11/c1-5(6(2)9)4-10-7-3-8-7;4-2-1-3-2;2*1-7-10(6)11(8(2)3)9(4)5/h5,7-8H,3-4H2,1-2H3;2-4H,1H2;;. The summed E-state index contributed by atoms with van der Waals surface area (Å²) in [5.74, 6) is 1.62. The SMILES string of the molecule is CC(=O)C(C)CSC1BC1.SC1BC1.[B][B]B([B])B(B([B])[B])B([B])[B].[B][B]B([B])B(B([B])[B])B([B])[B]. The van der Waals surface area contributed by atoms with E-state index >= 15 is 0 Å². The van der Waals surface area contributed by atoms with Gasteiger partial charge in [-0.2, -0.15) is 24.4 Å². The van der Waals surface area contributed by atoms with Gasteiger partial charge < -0.3 is 0 Å². The van der Waals surface area contributed by atoms with Gasteiger partial charge in [0.15, 0.2) is 0 Å². The van der Waals surface area contributed by atoms with E-state index in [0.717, 1.165) is 16.1 Å². The minimum Gasteiger partial charge on any atom is -0.300 e. The second kappa shape index (κ2) is 22.6. The number of ketones is 1. The van der Waals surface area contributed by atoms with E-state index in [1.165, 1.54) is 41.3 Å². The van der Waals surface area contributed by atoms with Crippen molar-refractivity contribution in [2.24, 2.45) is 5.92 Å². The molecular formula is C9H18B24OS2. The van der Waals surface area contributed by atoms with Crippen molar-refractivity contribution in [1.82, 2.24) is 0 Å². The van der Waals surface area contributed by atoms with Crippen LogP contribution in [0, 0.1) is 5.92 Å². The molecule has 2 saturated heterocycles. The molecule has 3 unspecified atom stereocenters. The summed E-state index contributed by atoms with van der Waals surface area (Å²) in [4.78, 5) is 10.8. The lowest BCUT2D eigenvalue weighted by molar-refractivity contribution is -0.119. The second-order valence-corrected chi connectivity index (χ2v) is 11.3. The van der Waals surface area contributed by atoms with Crippen molar-refractivity contribution < 1.29 is 4.79 Å². The Labute approximate surface area is 254 Å². The van der Waals surface area contributed by atoms with Gasteiger partial charge in [0.2, 0.25) is 0 Å². The molecule has 0 bridgehead atoms. The van der Waals surface area contributed by atoms with Crippen LogP contribution in [0.5, 0.6) is 0 Å². The Kier molecular flexibility index (Phi) is 25.2. The molecule has 2 rings (SSSR count). The summed E-state index contributed by atoms with van der Waals surface area (Å²) in [6.07, 6.45) is -1.58. The van der Waals surface area contributed by atoms with Crippen molar-refractivity contribution >= 4 is 203 Å².